The molecular formula is C28H37F2N3. The Kier molecular flexibility index (Phi) is 7.48. The summed E-state index contributed by atoms with van der Waals surface area (Å²) in [5, 5.41) is 0. The second-order valence-electron chi connectivity index (χ2n) is 10.4. The highest BCUT2D eigenvalue weighted by molar-refractivity contribution is 5.67. The van der Waals surface area contributed by atoms with Gasteiger partial charge in [0, 0.05) is 42.7 Å². The molecule has 0 radical (unpaired) electrons. The van der Waals surface area contributed by atoms with Crippen LogP contribution in [0.2, 0.25) is 0 Å². The van der Waals surface area contributed by atoms with Crippen molar-refractivity contribution in [3.05, 3.63) is 60.1 Å². The van der Waals surface area contributed by atoms with Gasteiger partial charge in [0.05, 0.1) is 5.69 Å². The molecule has 1 aromatic carbocycles. The molecule has 0 aliphatic carbocycles. The Morgan fingerprint density at radius 2 is 1.82 bits per heavy atom. The number of benzene rings is 1. The van der Waals surface area contributed by atoms with Crippen LogP contribution in [0.1, 0.15) is 57.1 Å². The van der Waals surface area contributed by atoms with Crippen molar-refractivity contribution < 1.29 is 8.78 Å². The minimum absolute atomic E-state index is 0.238. The summed E-state index contributed by atoms with van der Waals surface area (Å²) in [7, 11) is 0. The number of rotatable bonds is 8. The topological polar surface area (TPSA) is 19.4 Å². The van der Waals surface area contributed by atoms with Crippen LogP contribution in [0.15, 0.2) is 43.1 Å². The predicted molar refractivity (Wildman–Crippen MR) is 132 cm³/mol. The van der Waals surface area contributed by atoms with Crippen LogP contribution in [-0.2, 0) is 6.42 Å². The number of hydrogen-bond acceptors (Lipinski definition) is 3. The highest BCUT2D eigenvalue weighted by Crippen LogP contribution is 2.28. The Bertz CT molecular complexity index is 935. The summed E-state index contributed by atoms with van der Waals surface area (Å²) in [6.07, 6.45) is 8.61. The molecule has 0 unspecified atom stereocenters. The average molecular weight is 454 g/mol. The molecule has 178 valence electrons. The Labute approximate surface area is 197 Å². The van der Waals surface area contributed by atoms with Gasteiger partial charge in [-0.05, 0) is 95.1 Å². The number of aromatic nitrogens is 1. The van der Waals surface area contributed by atoms with Crippen molar-refractivity contribution in [2.45, 2.75) is 58.0 Å². The van der Waals surface area contributed by atoms with Crippen LogP contribution < -0.4 is 0 Å². The second kappa shape index (κ2) is 10.3. The maximum Gasteiger partial charge on any atom is 0.133 e. The maximum atomic E-state index is 14.8. The lowest BCUT2D eigenvalue weighted by Gasteiger charge is -2.34. The van der Waals surface area contributed by atoms with Crippen LogP contribution in [0.25, 0.3) is 17.0 Å². The molecule has 3 nitrogen and oxygen atoms in total. The van der Waals surface area contributed by atoms with E-state index in [0.29, 0.717) is 18.0 Å². The molecule has 2 fully saturated rings. The van der Waals surface area contributed by atoms with Gasteiger partial charge < -0.3 is 9.80 Å². The molecule has 33 heavy (non-hydrogen) atoms. The van der Waals surface area contributed by atoms with Gasteiger partial charge in [-0.3, -0.25) is 4.98 Å². The number of piperidine rings is 1. The van der Waals surface area contributed by atoms with Crippen LogP contribution in [-0.4, -0.2) is 53.2 Å². The largest absolute Gasteiger partial charge is 0.371 e. The van der Waals surface area contributed by atoms with E-state index < -0.39 is 5.67 Å². The Hall–Kier alpha value is -2.27. The van der Waals surface area contributed by atoms with Gasteiger partial charge in [-0.1, -0.05) is 18.7 Å². The van der Waals surface area contributed by atoms with E-state index in [0.717, 1.165) is 81.7 Å². The molecule has 2 saturated heterocycles. The molecular weight excluding hydrogens is 416 g/mol. The fourth-order valence-corrected chi connectivity index (χ4v) is 5.14. The summed E-state index contributed by atoms with van der Waals surface area (Å²) in [5.74, 6) is 0.451. The molecule has 1 aromatic heterocycles. The normalized spacial score (nSPS) is 18.1. The minimum atomic E-state index is -1.12. The van der Waals surface area contributed by atoms with Crippen LogP contribution in [0.3, 0.4) is 0 Å². The second-order valence-corrected chi connectivity index (χ2v) is 10.4. The zero-order chi connectivity index (χ0) is 23.4. The molecule has 3 heterocycles. The zero-order valence-electron chi connectivity index (χ0n) is 20.1. The lowest BCUT2D eigenvalue weighted by Crippen LogP contribution is -2.41. The van der Waals surface area contributed by atoms with Crippen molar-refractivity contribution in [2.24, 2.45) is 5.92 Å². The SMILES string of the molecule is C=C(c1ccc(-c2ccc(CCC3CCN(CC(C)(C)F)CC3)cn2)cc1F)N1CCCC1. The summed E-state index contributed by atoms with van der Waals surface area (Å²) in [5.41, 5.74) is 3.03. The van der Waals surface area contributed by atoms with Crippen molar-refractivity contribution >= 4 is 5.70 Å². The van der Waals surface area contributed by atoms with E-state index in [1.165, 1.54) is 5.56 Å². The smallest absolute Gasteiger partial charge is 0.133 e. The predicted octanol–water partition coefficient (Wildman–Crippen LogP) is 6.35. The van der Waals surface area contributed by atoms with Crippen LogP contribution in [0, 0.1) is 11.7 Å². The molecule has 0 saturated carbocycles. The maximum absolute atomic E-state index is 14.8. The quantitative estimate of drug-likeness (QED) is 0.464. The monoisotopic (exact) mass is 453 g/mol. The standard InChI is InChI=1S/C28H37F2N3/c1-21(33-14-4-5-15-33)25-10-9-24(18-26(25)29)27-11-8-23(19-31-27)7-6-22-12-16-32(17-13-22)20-28(2,3)30/h8-11,18-19,22H,1,4-7,12-17,20H2,2-3H3. The Balaban J connectivity index is 1.30. The van der Waals surface area contributed by atoms with Crippen molar-refractivity contribution in [1.82, 2.24) is 14.8 Å². The molecule has 0 spiro atoms. The Morgan fingerprint density at radius 3 is 2.42 bits per heavy atom. The third-order valence-electron chi connectivity index (χ3n) is 7.04. The van der Waals surface area contributed by atoms with E-state index in [1.807, 2.05) is 24.4 Å². The van der Waals surface area contributed by atoms with Gasteiger partial charge in [0.1, 0.15) is 11.5 Å². The Morgan fingerprint density at radius 1 is 1.09 bits per heavy atom. The first-order valence-corrected chi connectivity index (χ1v) is 12.4. The summed E-state index contributed by atoms with van der Waals surface area (Å²) in [6, 6.07) is 9.44. The molecule has 4 rings (SSSR count). The first-order valence-electron chi connectivity index (χ1n) is 12.4. The fraction of sp³-hybridized carbons (Fsp3) is 0.536. The van der Waals surface area contributed by atoms with E-state index in [9.17, 15) is 8.78 Å². The average Bonchev–Trinajstić information content (AvgIpc) is 3.32. The minimum Gasteiger partial charge on any atom is -0.371 e. The number of nitrogens with zero attached hydrogens (tertiary/aromatic N) is 3. The van der Waals surface area contributed by atoms with E-state index in [4.69, 9.17) is 0 Å². The molecule has 5 heteroatoms. The van der Waals surface area contributed by atoms with Crippen LogP contribution in [0.4, 0.5) is 8.78 Å². The van der Waals surface area contributed by atoms with E-state index in [2.05, 4.69) is 27.4 Å². The molecule has 2 aliphatic heterocycles. The lowest BCUT2D eigenvalue weighted by molar-refractivity contribution is 0.0943. The number of likely N-dealkylation sites (tertiary alicyclic amines) is 2. The molecule has 2 aromatic rings. The lowest BCUT2D eigenvalue weighted by atomic mass is 9.90. The van der Waals surface area contributed by atoms with Crippen LogP contribution in [0.5, 0.6) is 0 Å². The molecule has 0 bridgehead atoms. The number of alkyl halides is 1. The van der Waals surface area contributed by atoms with Crippen molar-refractivity contribution in [1.29, 1.82) is 0 Å². The molecule has 2 aliphatic rings. The highest BCUT2D eigenvalue weighted by Gasteiger charge is 2.25. The van der Waals surface area contributed by atoms with Gasteiger partial charge in [0.2, 0.25) is 0 Å². The van der Waals surface area contributed by atoms with Crippen molar-refractivity contribution in [3.63, 3.8) is 0 Å². The van der Waals surface area contributed by atoms with Gasteiger partial charge in [-0.15, -0.1) is 0 Å². The number of pyridine rings is 1. The van der Waals surface area contributed by atoms with Crippen molar-refractivity contribution in [3.8, 4) is 11.3 Å². The van der Waals surface area contributed by atoms with Gasteiger partial charge >= 0.3 is 0 Å². The summed E-state index contributed by atoms with van der Waals surface area (Å²) < 4.78 is 28.7. The summed E-state index contributed by atoms with van der Waals surface area (Å²) in [4.78, 5) is 9.02. The van der Waals surface area contributed by atoms with E-state index in [-0.39, 0.29) is 5.82 Å². The third-order valence-corrected chi connectivity index (χ3v) is 7.04. The van der Waals surface area contributed by atoms with Gasteiger partial charge in [-0.25, -0.2) is 8.78 Å². The highest BCUT2D eigenvalue weighted by atomic mass is 19.1. The number of hydrogen-bond donors (Lipinski definition) is 0. The fourth-order valence-electron chi connectivity index (χ4n) is 5.14. The first-order chi connectivity index (χ1) is 15.8. The van der Waals surface area contributed by atoms with Gasteiger partial charge in [-0.2, -0.15) is 0 Å². The molecule has 0 amide bonds. The van der Waals surface area contributed by atoms with Crippen LogP contribution >= 0.6 is 0 Å². The van der Waals surface area contributed by atoms with E-state index in [1.54, 1.807) is 19.9 Å². The molecule has 0 atom stereocenters. The van der Waals surface area contributed by atoms with E-state index >= 15 is 0 Å². The number of halogens is 2. The summed E-state index contributed by atoms with van der Waals surface area (Å²) >= 11 is 0. The van der Waals surface area contributed by atoms with Crippen molar-refractivity contribution in [2.75, 3.05) is 32.7 Å². The third kappa shape index (κ3) is 6.41. The first kappa shape index (κ1) is 23.9. The summed E-state index contributed by atoms with van der Waals surface area (Å²) in [6.45, 7) is 11.8. The van der Waals surface area contributed by atoms with Gasteiger partial charge in [0.15, 0.2) is 0 Å². The number of aryl methyl sites for hydroxylation is 1. The zero-order valence-corrected chi connectivity index (χ0v) is 20.1. The molecule has 0 N–H and O–H groups in total. The van der Waals surface area contributed by atoms with Gasteiger partial charge in [0.25, 0.3) is 0 Å².